The number of hydrogen-bond donors (Lipinski definition) is 2. The quantitative estimate of drug-likeness (QED) is 0.766. The average molecular weight is 314 g/mol. The smallest absolute Gasteiger partial charge is 0.243 e. The lowest BCUT2D eigenvalue weighted by molar-refractivity contribution is 0.242. The van der Waals surface area contributed by atoms with E-state index in [4.69, 9.17) is 18.0 Å². The van der Waals surface area contributed by atoms with Gasteiger partial charge < -0.3 is 10.6 Å². The van der Waals surface area contributed by atoms with Gasteiger partial charge in [-0.25, -0.2) is 13.1 Å². The van der Waals surface area contributed by atoms with Gasteiger partial charge in [0.25, 0.3) is 0 Å². The van der Waals surface area contributed by atoms with E-state index in [1.54, 1.807) is 6.07 Å². The van der Waals surface area contributed by atoms with E-state index >= 15 is 0 Å². The number of nitrogens with one attached hydrogen (secondary N) is 1. The number of likely N-dealkylation sites (tertiary alicyclic amines) is 1. The molecular weight excluding hydrogens is 296 g/mol. The molecule has 20 heavy (non-hydrogen) atoms. The van der Waals surface area contributed by atoms with E-state index in [9.17, 15) is 8.42 Å². The summed E-state index contributed by atoms with van der Waals surface area (Å²) >= 11 is 4.86. The number of sulfonamides is 1. The molecule has 0 aliphatic carbocycles. The normalized spacial score (nSPS) is 20.8. The molecule has 0 saturated carbocycles. The van der Waals surface area contributed by atoms with Gasteiger partial charge >= 0.3 is 0 Å². The number of aromatic nitrogens is 1. The van der Waals surface area contributed by atoms with E-state index in [2.05, 4.69) is 14.6 Å². The van der Waals surface area contributed by atoms with E-state index in [0.717, 1.165) is 19.4 Å². The Hall–Kier alpha value is -1.09. The molecule has 1 saturated heterocycles. The third-order valence-electron chi connectivity index (χ3n) is 3.24. The van der Waals surface area contributed by atoms with E-state index < -0.39 is 10.0 Å². The van der Waals surface area contributed by atoms with Gasteiger partial charge in [-0.1, -0.05) is 12.2 Å². The second-order valence-corrected chi connectivity index (χ2v) is 7.06. The van der Waals surface area contributed by atoms with Gasteiger partial charge in [-0.05, 0) is 38.6 Å². The number of pyridine rings is 1. The Morgan fingerprint density at radius 3 is 3.00 bits per heavy atom. The first kappa shape index (κ1) is 15.3. The Kier molecular flexibility index (Phi) is 4.69. The van der Waals surface area contributed by atoms with Gasteiger partial charge in [-0.2, -0.15) is 0 Å². The predicted molar refractivity (Wildman–Crippen MR) is 81.0 cm³/mol. The van der Waals surface area contributed by atoms with Crippen LogP contribution in [0.2, 0.25) is 0 Å². The Morgan fingerprint density at radius 2 is 2.35 bits per heavy atom. The molecule has 2 heterocycles. The topological polar surface area (TPSA) is 88.3 Å². The molecule has 1 atom stereocenters. The van der Waals surface area contributed by atoms with Crippen molar-refractivity contribution < 1.29 is 8.42 Å². The highest BCUT2D eigenvalue weighted by Gasteiger charge is 2.26. The number of hydrogen-bond acceptors (Lipinski definition) is 5. The van der Waals surface area contributed by atoms with Crippen LogP contribution in [0.3, 0.4) is 0 Å². The molecule has 1 unspecified atom stereocenters. The molecule has 6 nitrogen and oxygen atoms in total. The molecule has 1 aromatic heterocycles. The van der Waals surface area contributed by atoms with Crippen molar-refractivity contribution in [2.75, 3.05) is 20.1 Å². The molecule has 0 bridgehead atoms. The predicted octanol–water partition coefficient (Wildman–Crippen LogP) is 0.0883. The van der Waals surface area contributed by atoms with Crippen molar-refractivity contribution in [3.8, 4) is 0 Å². The standard InChI is InChI=1S/C12H18N4O2S2/c1-16-7-3-4-9(8-16)15-20(17,18)10-5-2-6-14-11(10)12(13)19/h2,5-6,9,15H,3-4,7-8H2,1H3,(H2,13,19). The van der Waals surface area contributed by atoms with Crippen molar-refractivity contribution in [2.45, 2.75) is 23.8 Å². The van der Waals surface area contributed by atoms with Crippen molar-refractivity contribution in [2.24, 2.45) is 5.73 Å². The maximum Gasteiger partial charge on any atom is 0.243 e. The number of likely N-dealkylation sites (N-methyl/N-ethyl adjacent to an activating group) is 1. The van der Waals surface area contributed by atoms with Crippen LogP contribution in [0.15, 0.2) is 23.2 Å². The molecule has 0 aromatic carbocycles. The SMILES string of the molecule is CN1CCCC(NS(=O)(=O)c2cccnc2C(N)=S)C1. The molecule has 1 fully saturated rings. The molecule has 8 heteroatoms. The third kappa shape index (κ3) is 3.51. The van der Waals surface area contributed by atoms with E-state index in [0.29, 0.717) is 6.54 Å². The first-order valence-corrected chi connectivity index (χ1v) is 8.25. The minimum absolute atomic E-state index is 0.0215. The number of thiocarbonyl (C=S) groups is 1. The van der Waals surface area contributed by atoms with E-state index in [-0.39, 0.29) is 21.6 Å². The Bertz CT molecular complexity index is 603. The molecule has 0 amide bonds. The van der Waals surface area contributed by atoms with Crippen molar-refractivity contribution >= 4 is 27.2 Å². The molecule has 2 rings (SSSR count). The van der Waals surface area contributed by atoms with Crippen molar-refractivity contribution in [3.05, 3.63) is 24.0 Å². The molecule has 1 aliphatic heterocycles. The summed E-state index contributed by atoms with van der Waals surface area (Å²) in [6.45, 7) is 1.69. The van der Waals surface area contributed by atoms with Crippen LogP contribution in [0.5, 0.6) is 0 Å². The summed E-state index contributed by atoms with van der Waals surface area (Å²) < 4.78 is 27.6. The van der Waals surface area contributed by atoms with Gasteiger partial charge in [0.05, 0.1) is 0 Å². The third-order valence-corrected chi connectivity index (χ3v) is 4.99. The zero-order valence-electron chi connectivity index (χ0n) is 11.2. The summed E-state index contributed by atoms with van der Waals surface area (Å²) in [6.07, 6.45) is 3.27. The lowest BCUT2D eigenvalue weighted by Crippen LogP contribution is -2.46. The van der Waals surface area contributed by atoms with Gasteiger partial charge in [0.2, 0.25) is 10.0 Å². The summed E-state index contributed by atoms with van der Waals surface area (Å²) in [6, 6.07) is 2.93. The van der Waals surface area contributed by atoms with Crippen molar-refractivity contribution in [3.63, 3.8) is 0 Å². The van der Waals surface area contributed by atoms with Crippen LogP contribution in [0, 0.1) is 0 Å². The van der Waals surface area contributed by atoms with Crippen molar-refractivity contribution in [1.29, 1.82) is 0 Å². The first-order chi connectivity index (χ1) is 9.40. The summed E-state index contributed by atoms with van der Waals surface area (Å²) in [5.74, 6) is 0. The lowest BCUT2D eigenvalue weighted by Gasteiger charge is -2.30. The van der Waals surface area contributed by atoms with Gasteiger partial charge in [-0.3, -0.25) is 4.98 Å². The van der Waals surface area contributed by atoms with Gasteiger partial charge in [-0.15, -0.1) is 0 Å². The molecule has 0 spiro atoms. The largest absolute Gasteiger partial charge is 0.388 e. The van der Waals surface area contributed by atoms with Crippen LogP contribution in [-0.2, 0) is 10.0 Å². The van der Waals surface area contributed by atoms with Crippen molar-refractivity contribution in [1.82, 2.24) is 14.6 Å². The van der Waals surface area contributed by atoms with Crippen LogP contribution >= 0.6 is 12.2 Å². The Balaban J connectivity index is 2.24. The second-order valence-electron chi connectivity index (χ2n) is 4.94. The van der Waals surface area contributed by atoms with Gasteiger partial charge in [0, 0.05) is 18.8 Å². The minimum Gasteiger partial charge on any atom is -0.388 e. The second kappa shape index (κ2) is 6.13. The summed E-state index contributed by atoms with van der Waals surface area (Å²) in [4.78, 5) is 6.08. The molecule has 110 valence electrons. The Morgan fingerprint density at radius 1 is 1.60 bits per heavy atom. The lowest BCUT2D eigenvalue weighted by atomic mass is 10.1. The number of rotatable bonds is 4. The van der Waals surface area contributed by atoms with Crippen LogP contribution in [0.1, 0.15) is 18.5 Å². The zero-order chi connectivity index (χ0) is 14.8. The molecule has 3 N–H and O–H groups in total. The fourth-order valence-electron chi connectivity index (χ4n) is 2.34. The van der Waals surface area contributed by atoms with Crippen LogP contribution < -0.4 is 10.5 Å². The number of nitrogens with two attached hydrogens (primary N) is 1. The highest BCUT2D eigenvalue weighted by atomic mass is 32.2. The zero-order valence-corrected chi connectivity index (χ0v) is 12.9. The number of nitrogens with zero attached hydrogens (tertiary/aromatic N) is 2. The minimum atomic E-state index is -3.67. The fraction of sp³-hybridized carbons (Fsp3) is 0.500. The maximum atomic E-state index is 12.4. The fourth-order valence-corrected chi connectivity index (χ4v) is 4.00. The first-order valence-electron chi connectivity index (χ1n) is 6.36. The molecule has 1 aromatic rings. The molecule has 1 aliphatic rings. The maximum absolute atomic E-state index is 12.4. The summed E-state index contributed by atoms with van der Waals surface area (Å²) in [7, 11) is -1.69. The van der Waals surface area contributed by atoms with Gasteiger partial charge in [0.15, 0.2) is 0 Å². The van der Waals surface area contributed by atoms with E-state index in [1.807, 2.05) is 7.05 Å². The summed E-state index contributed by atoms with van der Waals surface area (Å²) in [5.41, 5.74) is 5.67. The van der Waals surface area contributed by atoms with Gasteiger partial charge in [0.1, 0.15) is 15.6 Å². The van der Waals surface area contributed by atoms with E-state index in [1.165, 1.54) is 12.3 Å². The highest BCUT2D eigenvalue weighted by Crippen LogP contribution is 2.16. The Labute approximate surface area is 124 Å². The molecular formula is C12H18N4O2S2. The highest BCUT2D eigenvalue weighted by molar-refractivity contribution is 7.89. The summed E-state index contributed by atoms with van der Waals surface area (Å²) in [5, 5.41) is 0. The van der Waals surface area contributed by atoms with Crippen LogP contribution in [0.4, 0.5) is 0 Å². The molecule has 0 radical (unpaired) electrons. The van der Waals surface area contributed by atoms with Crippen LogP contribution in [-0.4, -0.2) is 49.5 Å². The van der Waals surface area contributed by atoms with Crippen LogP contribution in [0.25, 0.3) is 0 Å². The monoisotopic (exact) mass is 314 g/mol. The number of piperidine rings is 1. The average Bonchev–Trinajstić information content (AvgIpc) is 2.38.